The van der Waals surface area contributed by atoms with Gasteiger partial charge in [-0.15, -0.1) is 0 Å². The Morgan fingerprint density at radius 3 is 2.41 bits per heavy atom. The zero-order valence-electron chi connectivity index (χ0n) is 23.3. The summed E-state index contributed by atoms with van der Waals surface area (Å²) in [7, 11) is 0. The van der Waals surface area contributed by atoms with Gasteiger partial charge in [0.2, 0.25) is 0 Å². The van der Waals surface area contributed by atoms with Crippen molar-refractivity contribution < 1.29 is 19.7 Å². The van der Waals surface area contributed by atoms with E-state index in [9.17, 15) is 15.0 Å². The molecule has 5 nitrogen and oxygen atoms in total. The van der Waals surface area contributed by atoms with E-state index in [1.807, 2.05) is 50.2 Å². The van der Waals surface area contributed by atoms with Crippen molar-refractivity contribution in [3.63, 3.8) is 0 Å². The number of nitrogens with one attached hydrogen (secondary N) is 1. The fourth-order valence-electron chi connectivity index (χ4n) is 5.10. The minimum atomic E-state index is -0.911. The summed E-state index contributed by atoms with van der Waals surface area (Å²) < 4.78 is 6.12. The number of aryl methyl sites for hydroxylation is 1. The third-order valence-electron chi connectivity index (χ3n) is 7.24. The SMILES string of the molecule is CCc1cc(-c2ccccc2C(C)OC[C@@H](O)CNC(C)(C)Cc2ccc3ccccc3c2)ccc1C(=O)O. The lowest BCUT2D eigenvalue weighted by atomic mass is 9.93. The maximum absolute atomic E-state index is 11.6. The molecule has 0 radical (unpaired) electrons. The summed E-state index contributed by atoms with van der Waals surface area (Å²) >= 11 is 0. The van der Waals surface area contributed by atoms with Gasteiger partial charge in [-0.25, -0.2) is 4.79 Å². The van der Waals surface area contributed by atoms with E-state index < -0.39 is 12.1 Å². The van der Waals surface area contributed by atoms with Crippen LogP contribution in [0.4, 0.5) is 0 Å². The van der Waals surface area contributed by atoms with Gasteiger partial charge in [0.15, 0.2) is 0 Å². The van der Waals surface area contributed by atoms with Crippen LogP contribution in [-0.4, -0.2) is 41.0 Å². The van der Waals surface area contributed by atoms with Gasteiger partial charge in [0.1, 0.15) is 0 Å². The molecule has 39 heavy (non-hydrogen) atoms. The average Bonchev–Trinajstić information content (AvgIpc) is 2.94. The third kappa shape index (κ3) is 7.33. The van der Waals surface area contributed by atoms with Gasteiger partial charge < -0.3 is 20.3 Å². The normalized spacial score (nSPS) is 13.4. The van der Waals surface area contributed by atoms with E-state index in [1.165, 1.54) is 16.3 Å². The molecule has 0 saturated carbocycles. The van der Waals surface area contributed by atoms with Crippen LogP contribution in [0.1, 0.15) is 60.8 Å². The fraction of sp³-hybridized carbons (Fsp3) is 0.324. The van der Waals surface area contributed by atoms with E-state index in [0.717, 1.165) is 28.7 Å². The van der Waals surface area contributed by atoms with Crippen molar-refractivity contribution in [1.82, 2.24) is 5.32 Å². The molecular weight excluding hydrogens is 486 g/mol. The molecular formula is C34H39NO4. The quantitative estimate of drug-likeness (QED) is 0.189. The predicted molar refractivity (Wildman–Crippen MR) is 158 cm³/mol. The molecule has 0 saturated heterocycles. The lowest BCUT2D eigenvalue weighted by molar-refractivity contribution is -0.00397. The number of fused-ring (bicyclic) bond motifs is 1. The van der Waals surface area contributed by atoms with E-state index in [-0.39, 0.29) is 18.2 Å². The van der Waals surface area contributed by atoms with E-state index in [4.69, 9.17) is 4.74 Å². The van der Waals surface area contributed by atoms with Crippen LogP contribution in [0.3, 0.4) is 0 Å². The Kier molecular flexibility index (Phi) is 9.18. The summed E-state index contributed by atoms with van der Waals surface area (Å²) in [5.74, 6) is -0.911. The highest BCUT2D eigenvalue weighted by atomic mass is 16.5. The molecule has 1 unspecified atom stereocenters. The van der Waals surface area contributed by atoms with Gasteiger partial charge in [-0.3, -0.25) is 0 Å². The van der Waals surface area contributed by atoms with E-state index in [1.54, 1.807) is 6.07 Å². The van der Waals surface area contributed by atoms with Crippen molar-refractivity contribution in [2.75, 3.05) is 13.2 Å². The van der Waals surface area contributed by atoms with Crippen LogP contribution in [0, 0.1) is 0 Å². The molecule has 4 aromatic carbocycles. The van der Waals surface area contributed by atoms with Crippen LogP contribution in [-0.2, 0) is 17.6 Å². The highest BCUT2D eigenvalue weighted by Crippen LogP contribution is 2.31. The number of carbonyl (C=O) groups is 1. The maximum atomic E-state index is 11.6. The van der Waals surface area contributed by atoms with Crippen LogP contribution in [0.2, 0.25) is 0 Å². The van der Waals surface area contributed by atoms with Gasteiger partial charge in [-0.1, -0.05) is 85.8 Å². The van der Waals surface area contributed by atoms with Gasteiger partial charge in [-0.05, 0) is 78.3 Å². The molecule has 0 aliphatic rings. The Hall–Kier alpha value is -3.51. The molecule has 0 heterocycles. The number of aliphatic hydroxyl groups excluding tert-OH is 1. The zero-order chi connectivity index (χ0) is 28.0. The minimum Gasteiger partial charge on any atom is -0.478 e. The Morgan fingerprint density at radius 1 is 0.949 bits per heavy atom. The van der Waals surface area contributed by atoms with Crippen molar-refractivity contribution in [3.05, 3.63) is 107 Å². The largest absolute Gasteiger partial charge is 0.478 e. The molecule has 0 aliphatic carbocycles. The molecule has 2 atom stereocenters. The second-order valence-electron chi connectivity index (χ2n) is 10.9. The number of rotatable bonds is 12. The van der Waals surface area contributed by atoms with Gasteiger partial charge in [-0.2, -0.15) is 0 Å². The third-order valence-corrected chi connectivity index (χ3v) is 7.24. The number of carboxylic acids is 1. The number of benzene rings is 4. The van der Waals surface area contributed by atoms with Crippen LogP contribution in [0.25, 0.3) is 21.9 Å². The lowest BCUT2D eigenvalue weighted by Gasteiger charge is -2.28. The average molecular weight is 526 g/mol. The first-order chi connectivity index (χ1) is 18.7. The molecule has 0 bridgehead atoms. The first-order valence-electron chi connectivity index (χ1n) is 13.6. The zero-order valence-corrected chi connectivity index (χ0v) is 23.3. The van der Waals surface area contributed by atoms with Gasteiger partial charge >= 0.3 is 5.97 Å². The standard InChI is InChI=1S/C34H39NO4/c1-5-25-19-28(16-17-32(25)33(37)38)31-13-9-8-12-30(31)23(2)39-22-29(36)21-35-34(3,4)20-24-14-15-26-10-6-7-11-27(26)18-24/h6-19,23,29,35-36H,5,20-22H2,1-4H3,(H,37,38)/t23?,29-/m0/s1. The molecule has 0 aliphatic heterocycles. The summed E-state index contributed by atoms with van der Waals surface area (Å²) in [5, 5.41) is 26.2. The van der Waals surface area contributed by atoms with Crippen LogP contribution in [0.15, 0.2) is 84.9 Å². The summed E-state index contributed by atoms with van der Waals surface area (Å²) in [5.41, 5.74) is 5.16. The highest BCUT2D eigenvalue weighted by Gasteiger charge is 2.21. The first kappa shape index (κ1) is 28.5. The predicted octanol–water partition coefficient (Wildman–Crippen LogP) is 6.82. The monoisotopic (exact) mass is 525 g/mol. The number of hydrogen-bond donors (Lipinski definition) is 3. The molecule has 204 valence electrons. The fourth-order valence-corrected chi connectivity index (χ4v) is 5.10. The number of aromatic carboxylic acids is 1. The Morgan fingerprint density at radius 2 is 1.67 bits per heavy atom. The van der Waals surface area contributed by atoms with Gasteiger partial charge in [0.05, 0.1) is 24.4 Å². The Bertz CT molecular complexity index is 1430. The second kappa shape index (κ2) is 12.6. The smallest absolute Gasteiger partial charge is 0.335 e. The molecule has 3 N–H and O–H groups in total. The van der Waals surface area contributed by atoms with Gasteiger partial charge in [0, 0.05) is 12.1 Å². The summed E-state index contributed by atoms with van der Waals surface area (Å²) in [6, 6.07) is 28.4. The molecule has 0 amide bonds. The lowest BCUT2D eigenvalue weighted by Crippen LogP contribution is -2.46. The molecule has 0 spiro atoms. The first-order valence-corrected chi connectivity index (χ1v) is 13.6. The van der Waals surface area contributed by atoms with E-state index in [2.05, 4.69) is 61.6 Å². The van der Waals surface area contributed by atoms with Crippen LogP contribution in [0.5, 0.6) is 0 Å². The van der Waals surface area contributed by atoms with Crippen LogP contribution < -0.4 is 5.32 Å². The number of hydrogen-bond acceptors (Lipinski definition) is 4. The van der Waals surface area contributed by atoms with E-state index >= 15 is 0 Å². The van der Waals surface area contributed by atoms with Crippen molar-refractivity contribution in [2.45, 2.75) is 58.3 Å². The van der Waals surface area contributed by atoms with Crippen molar-refractivity contribution in [1.29, 1.82) is 0 Å². The minimum absolute atomic E-state index is 0.194. The number of β-amino-alcohol motifs (C(OH)–C–C–N with tert-alkyl or cyclic N) is 1. The number of ether oxygens (including phenoxy) is 1. The van der Waals surface area contributed by atoms with Crippen molar-refractivity contribution in [3.8, 4) is 11.1 Å². The molecule has 4 aromatic rings. The van der Waals surface area contributed by atoms with Gasteiger partial charge in [0.25, 0.3) is 0 Å². The van der Waals surface area contributed by atoms with Crippen LogP contribution >= 0.6 is 0 Å². The summed E-state index contributed by atoms with van der Waals surface area (Å²) in [6.45, 7) is 8.86. The number of carboxylic acid groups (broad SMARTS) is 1. The maximum Gasteiger partial charge on any atom is 0.335 e. The molecule has 0 fully saturated rings. The molecule has 4 rings (SSSR count). The number of aliphatic hydroxyl groups is 1. The van der Waals surface area contributed by atoms with E-state index in [0.29, 0.717) is 18.5 Å². The van der Waals surface area contributed by atoms with Crippen molar-refractivity contribution >= 4 is 16.7 Å². The Labute approximate surface area is 231 Å². The second-order valence-corrected chi connectivity index (χ2v) is 10.9. The Balaban J connectivity index is 1.35. The molecule has 5 heteroatoms. The van der Waals surface area contributed by atoms with Crippen molar-refractivity contribution in [2.24, 2.45) is 0 Å². The summed E-state index contributed by atoms with van der Waals surface area (Å²) in [6.07, 6.45) is 0.582. The highest BCUT2D eigenvalue weighted by molar-refractivity contribution is 5.90. The summed E-state index contributed by atoms with van der Waals surface area (Å²) in [4.78, 5) is 11.6. The topological polar surface area (TPSA) is 78.8 Å². The molecule has 0 aromatic heterocycles.